The molecule has 1 aromatic rings. The van der Waals surface area contributed by atoms with Gasteiger partial charge in [-0.1, -0.05) is 6.07 Å². The van der Waals surface area contributed by atoms with Crippen LogP contribution in [0.1, 0.15) is 19.4 Å². The standard InChI is InChI=1S/C17H27FN4O2.HI/c1-3-19-17(20-11-13(2)22-6-8-24-9-7-22)21-12-14-4-5-16(23)15(18)10-14;/h4-5,10,13,23H,3,6-9,11-12H2,1-2H3,(H2,19,20,21);1H. The van der Waals surface area contributed by atoms with Gasteiger partial charge in [0.2, 0.25) is 0 Å². The first kappa shape index (κ1) is 21.9. The number of phenolic OH excluding ortho intramolecular Hbond substituents is 1. The van der Waals surface area contributed by atoms with Crippen LogP contribution in [0.5, 0.6) is 5.75 Å². The highest BCUT2D eigenvalue weighted by atomic mass is 127. The number of nitrogens with one attached hydrogen (secondary N) is 2. The number of nitrogens with zero attached hydrogens (tertiary/aromatic N) is 2. The second kappa shape index (κ2) is 11.5. The van der Waals surface area contributed by atoms with Gasteiger partial charge in [-0.25, -0.2) is 9.38 Å². The van der Waals surface area contributed by atoms with Gasteiger partial charge in [0.1, 0.15) is 0 Å². The van der Waals surface area contributed by atoms with Crippen molar-refractivity contribution in [3.63, 3.8) is 0 Å². The van der Waals surface area contributed by atoms with Gasteiger partial charge in [0, 0.05) is 32.2 Å². The molecule has 1 atom stereocenters. The molecule has 3 N–H and O–H groups in total. The predicted octanol–water partition coefficient (Wildman–Crippen LogP) is 1.93. The lowest BCUT2D eigenvalue weighted by atomic mass is 10.2. The highest BCUT2D eigenvalue weighted by Gasteiger charge is 2.16. The van der Waals surface area contributed by atoms with E-state index in [-0.39, 0.29) is 29.7 Å². The minimum atomic E-state index is -0.624. The molecule has 0 amide bonds. The van der Waals surface area contributed by atoms with Crippen molar-refractivity contribution in [1.82, 2.24) is 15.5 Å². The first-order valence-corrected chi connectivity index (χ1v) is 8.41. The Bertz CT molecular complexity index is 553. The molecule has 1 aliphatic rings. The molecule has 0 radical (unpaired) electrons. The van der Waals surface area contributed by atoms with Crippen LogP contribution in [0.15, 0.2) is 23.2 Å². The van der Waals surface area contributed by atoms with E-state index in [1.807, 2.05) is 6.92 Å². The molecular formula is C17H28FIN4O2. The maximum absolute atomic E-state index is 13.4. The van der Waals surface area contributed by atoms with Gasteiger partial charge in [0.25, 0.3) is 0 Å². The van der Waals surface area contributed by atoms with Gasteiger partial charge in [0.15, 0.2) is 17.5 Å². The first-order chi connectivity index (χ1) is 11.6. The normalized spacial score (nSPS) is 16.8. The van der Waals surface area contributed by atoms with Gasteiger partial charge in [-0.05, 0) is 31.5 Å². The van der Waals surface area contributed by atoms with E-state index < -0.39 is 5.82 Å². The van der Waals surface area contributed by atoms with Crippen LogP contribution in [0.4, 0.5) is 4.39 Å². The zero-order valence-electron chi connectivity index (χ0n) is 14.8. The molecule has 8 heteroatoms. The van der Waals surface area contributed by atoms with Gasteiger partial charge in [-0.3, -0.25) is 4.90 Å². The summed E-state index contributed by atoms with van der Waals surface area (Å²) in [7, 11) is 0. The lowest BCUT2D eigenvalue weighted by Crippen LogP contribution is -2.49. The lowest BCUT2D eigenvalue weighted by Gasteiger charge is -2.32. The number of phenols is 1. The monoisotopic (exact) mass is 466 g/mol. The van der Waals surface area contributed by atoms with Crippen molar-refractivity contribution >= 4 is 29.9 Å². The van der Waals surface area contributed by atoms with E-state index >= 15 is 0 Å². The Balaban J connectivity index is 0.00000312. The van der Waals surface area contributed by atoms with E-state index in [1.54, 1.807) is 6.07 Å². The zero-order chi connectivity index (χ0) is 17.4. The van der Waals surface area contributed by atoms with Gasteiger partial charge in [-0.2, -0.15) is 0 Å². The molecule has 0 saturated carbocycles. The number of halogens is 2. The Morgan fingerprint density at radius 2 is 2.08 bits per heavy atom. The number of hydrogen-bond acceptors (Lipinski definition) is 4. The number of rotatable bonds is 6. The molecule has 0 aliphatic carbocycles. The summed E-state index contributed by atoms with van der Waals surface area (Å²) in [6.45, 7) is 9.51. The molecule has 0 bridgehead atoms. The number of guanidine groups is 1. The predicted molar refractivity (Wildman–Crippen MR) is 108 cm³/mol. The van der Waals surface area contributed by atoms with Crippen molar-refractivity contribution < 1.29 is 14.2 Å². The van der Waals surface area contributed by atoms with Crippen LogP contribution in [-0.2, 0) is 11.3 Å². The Labute approximate surface area is 165 Å². The number of aliphatic imine (C=N–C) groups is 1. The molecule has 1 aliphatic heterocycles. The average molecular weight is 466 g/mol. The molecule has 1 saturated heterocycles. The van der Waals surface area contributed by atoms with E-state index in [1.165, 1.54) is 12.1 Å². The Morgan fingerprint density at radius 1 is 1.36 bits per heavy atom. The Kier molecular flexibility index (Phi) is 10.1. The number of aromatic hydroxyl groups is 1. The summed E-state index contributed by atoms with van der Waals surface area (Å²) in [5.41, 5.74) is 0.712. The summed E-state index contributed by atoms with van der Waals surface area (Å²) in [6.07, 6.45) is 0. The third-order valence-corrected chi connectivity index (χ3v) is 4.01. The van der Waals surface area contributed by atoms with Crippen LogP contribution in [0.25, 0.3) is 0 Å². The lowest BCUT2D eigenvalue weighted by molar-refractivity contribution is 0.0211. The van der Waals surface area contributed by atoms with Crippen molar-refractivity contribution in [2.24, 2.45) is 4.99 Å². The highest BCUT2D eigenvalue weighted by molar-refractivity contribution is 14.0. The second-order valence-corrected chi connectivity index (χ2v) is 5.86. The molecule has 1 aromatic carbocycles. The topological polar surface area (TPSA) is 69.1 Å². The SMILES string of the molecule is CCNC(=NCc1ccc(O)c(F)c1)NCC(C)N1CCOCC1.I. The number of hydrogen-bond donors (Lipinski definition) is 3. The molecule has 0 aromatic heterocycles. The van der Waals surface area contributed by atoms with Crippen LogP contribution >= 0.6 is 24.0 Å². The Morgan fingerprint density at radius 3 is 2.72 bits per heavy atom. The van der Waals surface area contributed by atoms with Crippen molar-refractivity contribution in [1.29, 1.82) is 0 Å². The van der Waals surface area contributed by atoms with Crippen molar-refractivity contribution in [3.05, 3.63) is 29.6 Å². The largest absolute Gasteiger partial charge is 0.505 e. The van der Waals surface area contributed by atoms with E-state index in [4.69, 9.17) is 4.74 Å². The summed E-state index contributed by atoms with van der Waals surface area (Å²) in [4.78, 5) is 6.86. The van der Waals surface area contributed by atoms with Gasteiger partial charge < -0.3 is 20.5 Å². The van der Waals surface area contributed by atoms with Gasteiger partial charge >= 0.3 is 0 Å². The molecule has 1 heterocycles. The molecule has 2 rings (SSSR count). The van der Waals surface area contributed by atoms with Crippen LogP contribution in [0.2, 0.25) is 0 Å². The smallest absolute Gasteiger partial charge is 0.191 e. The molecule has 1 unspecified atom stereocenters. The number of ether oxygens (including phenoxy) is 1. The number of benzene rings is 1. The molecule has 25 heavy (non-hydrogen) atoms. The van der Waals surface area contributed by atoms with Gasteiger partial charge in [0.05, 0.1) is 19.8 Å². The maximum atomic E-state index is 13.4. The van der Waals surface area contributed by atoms with Gasteiger partial charge in [-0.15, -0.1) is 24.0 Å². The highest BCUT2D eigenvalue weighted by Crippen LogP contribution is 2.16. The van der Waals surface area contributed by atoms with Crippen LogP contribution in [0, 0.1) is 5.82 Å². The molecular weight excluding hydrogens is 438 g/mol. The summed E-state index contributed by atoms with van der Waals surface area (Å²) >= 11 is 0. The third-order valence-electron chi connectivity index (χ3n) is 4.01. The van der Waals surface area contributed by atoms with E-state index in [0.717, 1.165) is 39.4 Å². The second-order valence-electron chi connectivity index (χ2n) is 5.86. The van der Waals surface area contributed by atoms with E-state index in [0.29, 0.717) is 24.1 Å². The minimum absolute atomic E-state index is 0. The van der Waals surface area contributed by atoms with Crippen LogP contribution < -0.4 is 10.6 Å². The number of morpholine rings is 1. The van der Waals surface area contributed by atoms with Crippen molar-refractivity contribution in [2.75, 3.05) is 39.4 Å². The Hall–Kier alpha value is -1.13. The van der Waals surface area contributed by atoms with Crippen LogP contribution in [0.3, 0.4) is 0 Å². The molecule has 6 nitrogen and oxygen atoms in total. The maximum Gasteiger partial charge on any atom is 0.191 e. The molecule has 1 fully saturated rings. The first-order valence-electron chi connectivity index (χ1n) is 8.41. The summed E-state index contributed by atoms with van der Waals surface area (Å²) in [6, 6.07) is 4.70. The van der Waals surface area contributed by atoms with Crippen molar-refractivity contribution in [2.45, 2.75) is 26.4 Å². The summed E-state index contributed by atoms with van der Waals surface area (Å²) in [5, 5.41) is 15.7. The summed E-state index contributed by atoms with van der Waals surface area (Å²) < 4.78 is 18.7. The van der Waals surface area contributed by atoms with E-state index in [2.05, 4.69) is 27.4 Å². The molecule has 142 valence electrons. The average Bonchev–Trinajstić information content (AvgIpc) is 2.60. The fourth-order valence-electron chi connectivity index (χ4n) is 2.55. The van der Waals surface area contributed by atoms with Crippen molar-refractivity contribution in [3.8, 4) is 5.75 Å². The fourth-order valence-corrected chi connectivity index (χ4v) is 2.55. The fraction of sp³-hybridized carbons (Fsp3) is 0.588. The third kappa shape index (κ3) is 7.33. The zero-order valence-corrected chi connectivity index (χ0v) is 17.1. The van der Waals surface area contributed by atoms with E-state index in [9.17, 15) is 9.50 Å². The minimum Gasteiger partial charge on any atom is -0.505 e. The van der Waals surface area contributed by atoms with Crippen LogP contribution in [-0.4, -0.2) is 61.4 Å². The summed E-state index contributed by atoms with van der Waals surface area (Å²) in [5.74, 6) is -0.264. The molecule has 0 spiro atoms. The quantitative estimate of drug-likeness (QED) is 0.340.